The van der Waals surface area contributed by atoms with Gasteiger partial charge in [0.05, 0.1) is 25.2 Å². The van der Waals surface area contributed by atoms with Gasteiger partial charge in [0.1, 0.15) is 6.04 Å². The lowest BCUT2D eigenvalue weighted by Crippen LogP contribution is -2.63. The lowest BCUT2D eigenvalue weighted by Gasteiger charge is -2.59. The third kappa shape index (κ3) is 6.96. The maximum absolute atomic E-state index is 14.3. The van der Waals surface area contributed by atoms with Crippen molar-refractivity contribution < 1.29 is 58.3 Å². The number of carboxylic acids is 1. The normalized spacial score (nSPS) is 35.8. The van der Waals surface area contributed by atoms with Gasteiger partial charge < -0.3 is 34.6 Å². The first-order valence-corrected chi connectivity index (χ1v) is 17.6. The number of aliphatic hydroxyl groups excluding tert-OH is 1. The number of aliphatic carboxylic acids is 1. The first-order valence-electron chi connectivity index (χ1n) is 17.6. The van der Waals surface area contributed by atoms with E-state index in [1.165, 1.54) is 0 Å². The average Bonchev–Trinajstić information content (AvgIpc) is 3.53. The monoisotopic (exact) mass is 704 g/mol. The summed E-state index contributed by atoms with van der Waals surface area (Å²) in [6.45, 7) is 5.16. The Hall–Kier alpha value is -3.69. The van der Waals surface area contributed by atoms with E-state index >= 15 is 0 Å². The number of esters is 1. The van der Waals surface area contributed by atoms with E-state index in [4.69, 9.17) is 14.2 Å². The number of ether oxygens (including phenoxy) is 3. The molecule has 15 heteroatoms. The SMILES string of the molecule is CCCC1O[C@@H]2C[C@H]3[C@@H]4CC=C5CC(=O)C=C[C@]5(C)[C@H]4[C@@H](O)C[C@]3(C)C2(C(=O)COC(=O)CC(NC(=O)CCCCCO[N+](=O)[O-])C(=O)O)O1. The second-order valence-electron chi connectivity index (χ2n) is 14.8. The van der Waals surface area contributed by atoms with Gasteiger partial charge in [-0.1, -0.05) is 51.3 Å². The standard InChI is InChI=1S/C35H48N2O13/c1-4-8-30-49-27-16-23-22-11-10-20-15-21(38)12-13-33(20,2)31(22)25(39)18-34(23,3)35(27,50-30)26(40)19-47-29(42)17-24(32(43)44)36-28(41)9-6-5-7-14-48-37(45)46/h10,12-13,22-25,27,30-31,39H,4-9,11,14-19H2,1-3H3,(H,36,41)(H,43,44)/t22-,23-,24?,25-,27+,30?,31+,33-,34-,35?/m0/s1. The van der Waals surface area contributed by atoms with E-state index < -0.39 is 82.7 Å². The van der Waals surface area contributed by atoms with E-state index in [0.29, 0.717) is 44.9 Å². The highest BCUT2D eigenvalue weighted by atomic mass is 16.9. The van der Waals surface area contributed by atoms with Crippen molar-refractivity contribution in [2.75, 3.05) is 13.2 Å². The summed E-state index contributed by atoms with van der Waals surface area (Å²) < 4.78 is 18.3. The van der Waals surface area contributed by atoms with Crippen molar-refractivity contribution in [2.45, 2.75) is 122 Å². The number of aliphatic hydroxyl groups is 1. The number of carbonyl (C=O) groups excluding carboxylic acids is 4. The van der Waals surface area contributed by atoms with Crippen molar-refractivity contribution in [3.8, 4) is 0 Å². The Morgan fingerprint density at radius 2 is 1.96 bits per heavy atom. The molecule has 0 aromatic heterocycles. The van der Waals surface area contributed by atoms with Gasteiger partial charge in [0, 0.05) is 29.6 Å². The number of unbranched alkanes of at least 4 members (excludes halogenated alkanes) is 2. The molecular weight excluding hydrogens is 656 g/mol. The largest absolute Gasteiger partial charge is 0.480 e. The van der Waals surface area contributed by atoms with Crippen molar-refractivity contribution in [3.63, 3.8) is 0 Å². The lowest BCUT2D eigenvalue weighted by molar-refractivity contribution is -0.757. The van der Waals surface area contributed by atoms with Crippen LogP contribution in [-0.4, -0.2) is 88.1 Å². The fourth-order valence-corrected chi connectivity index (χ4v) is 9.56. The number of carboxylic acid groups (broad SMARTS) is 1. The van der Waals surface area contributed by atoms with Crippen molar-refractivity contribution in [1.82, 2.24) is 5.32 Å². The second kappa shape index (κ2) is 14.9. The fourth-order valence-electron chi connectivity index (χ4n) is 9.56. The number of allylic oxidation sites excluding steroid dienone is 4. The van der Waals surface area contributed by atoms with Crippen molar-refractivity contribution in [3.05, 3.63) is 33.9 Å². The number of hydrogen-bond donors (Lipinski definition) is 3. The van der Waals surface area contributed by atoms with Crippen LogP contribution in [0.4, 0.5) is 0 Å². The summed E-state index contributed by atoms with van der Waals surface area (Å²) in [7, 11) is 0. The number of rotatable bonds is 16. The summed E-state index contributed by atoms with van der Waals surface area (Å²) in [5.74, 6) is -3.86. The molecule has 15 nitrogen and oxygen atoms in total. The molecule has 10 atom stereocenters. The zero-order valence-electron chi connectivity index (χ0n) is 28.8. The van der Waals surface area contributed by atoms with E-state index in [-0.39, 0.29) is 43.0 Å². The molecule has 4 aliphatic carbocycles. The Bertz CT molecular complexity index is 1440. The molecule has 1 heterocycles. The number of nitrogens with one attached hydrogen (secondary N) is 1. The minimum Gasteiger partial charge on any atom is -0.480 e. The van der Waals surface area contributed by atoms with Crippen LogP contribution in [0.3, 0.4) is 0 Å². The number of ketones is 2. The molecule has 0 radical (unpaired) electrons. The molecule has 5 rings (SSSR count). The maximum Gasteiger partial charge on any atom is 0.326 e. The van der Waals surface area contributed by atoms with Crippen LogP contribution in [0.2, 0.25) is 0 Å². The summed E-state index contributed by atoms with van der Waals surface area (Å²) in [5.41, 5.74) is -1.89. The molecule has 1 aliphatic heterocycles. The Balaban J connectivity index is 1.26. The molecule has 3 unspecified atom stereocenters. The van der Waals surface area contributed by atoms with Crippen LogP contribution in [0.15, 0.2) is 23.8 Å². The van der Waals surface area contributed by atoms with Gasteiger partial charge in [-0.25, -0.2) is 4.79 Å². The fraction of sp³-hybridized carbons (Fsp3) is 0.743. The summed E-state index contributed by atoms with van der Waals surface area (Å²) in [5, 5.41) is 33.1. The van der Waals surface area contributed by atoms with Crippen LogP contribution in [0.5, 0.6) is 0 Å². The zero-order valence-corrected chi connectivity index (χ0v) is 28.8. The van der Waals surface area contributed by atoms with Gasteiger partial charge in [-0.2, -0.15) is 0 Å². The Kier molecular flexibility index (Phi) is 11.2. The van der Waals surface area contributed by atoms with E-state index in [1.54, 1.807) is 6.08 Å². The van der Waals surface area contributed by atoms with Crippen molar-refractivity contribution >= 4 is 29.4 Å². The molecule has 3 N–H and O–H groups in total. The van der Waals surface area contributed by atoms with Gasteiger partial charge in [-0.15, -0.1) is 10.1 Å². The summed E-state index contributed by atoms with van der Waals surface area (Å²) >= 11 is 0. The predicted molar refractivity (Wildman–Crippen MR) is 172 cm³/mol. The van der Waals surface area contributed by atoms with Gasteiger partial charge >= 0.3 is 11.9 Å². The Morgan fingerprint density at radius 3 is 2.66 bits per heavy atom. The molecule has 5 aliphatic rings. The van der Waals surface area contributed by atoms with E-state index in [9.17, 15) is 44.3 Å². The Morgan fingerprint density at radius 1 is 1.20 bits per heavy atom. The first kappa shape index (κ1) is 37.6. The van der Waals surface area contributed by atoms with Gasteiger partial charge in [0.25, 0.3) is 5.09 Å². The number of carbonyl (C=O) groups is 5. The van der Waals surface area contributed by atoms with Crippen molar-refractivity contribution in [1.29, 1.82) is 0 Å². The smallest absolute Gasteiger partial charge is 0.326 e. The number of Topliss-reactive ketones (excluding diaryl/α,β-unsaturated/α-hetero) is 1. The van der Waals surface area contributed by atoms with E-state index in [2.05, 4.69) is 23.2 Å². The summed E-state index contributed by atoms with van der Waals surface area (Å²) in [6.07, 6.45) is 6.79. The van der Waals surface area contributed by atoms with Crippen LogP contribution in [0.25, 0.3) is 0 Å². The zero-order chi connectivity index (χ0) is 36.4. The minimum atomic E-state index is -1.60. The lowest BCUT2D eigenvalue weighted by atomic mass is 9.47. The maximum atomic E-state index is 14.3. The molecule has 0 spiro atoms. The van der Waals surface area contributed by atoms with Crippen LogP contribution in [0.1, 0.15) is 91.4 Å². The molecule has 1 amide bonds. The molecule has 276 valence electrons. The second-order valence-corrected chi connectivity index (χ2v) is 14.8. The van der Waals surface area contributed by atoms with Crippen LogP contribution in [-0.2, 0) is 43.0 Å². The summed E-state index contributed by atoms with van der Waals surface area (Å²) in [6, 6.07) is -1.60. The predicted octanol–water partition coefficient (Wildman–Crippen LogP) is 3.00. The highest BCUT2D eigenvalue weighted by Gasteiger charge is 2.75. The van der Waals surface area contributed by atoms with E-state index in [1.807, 2.05) is 19.9 Å². The molecule has 3 fully saturated rings. The van der Waals surface area contributed by atoms with Gasteiger partial charge in [0.15, 0.2) is 24.3 Å². The molecular formula is C35H48N2O13. The van der Waals surface area contributed by atoms with Crippen LogP contribution >= 0.6 is 0 Å². The molecule has 0 aromatic rings. The number of amides is 1. The highest BCUT2D eigenvalue weighted by Crippen LogP contribution is 2.69. The van der Waals surface area contributed by atoms with E-state index in [0.717, 1.165) is 12.0 Å². The van der Waals surface area contributed by atoms with Crippen LogP contribution < -0.4 is 5.32 Å². The first-order chi connectivity index (χ1) is 23.7. The van der Waals surface area contributed by atoms with Gasteiger partial charge in [-0.3, -0.25) is 19.2 Å². The van der Waals surface area contributed by atoms with Gasteiger partial charge in [0.2, 0.25) is 11.7 Å². The average molecular weight is 705 g/mol. The third-order valence-electron chi connectivity index (χ3n) is 11.8. The molecule has 2 saturated carbocycles. The highest BCUT2D eigenvalue weighted by molar-refractivity contribution is 5.94. The quantitative estimate of drug-likeness (QED) is 0.0693. The van der Waals surface area contributed by atoms with Crippen LogP contribution in [0, 0.1) is 38.7 Å². The molecule has 1 saturated heterocycles. The molecule has 0 bridgehead atoms. The number of fused-ring (bicyclic) bond motifs is 7. The Labute approximate surface area is 290 Å². The minimum absolute atomic E-state index is 0.0284. The summed E-state index contributed by atoms with van der Waals surface area (Å²) in [4.78, 5) is 78.1. The number of hydrogen-bond acceptors (Lipinski definition) is 12. The topological polar surface area (TPSA) is 218 Å². The molecule has 0 aromatic carbocycles. The molecule has 50 heavy (non-hydrogen) atoms. The van der Waals surface area contributed by atoms with Gasteiger partial charge in [-0.05, 0) is 56.4 Å². The number of nitrogens with zero attached hydrogens (tertiary/aromatic N) is 1. The van der Waals surface area contributed by atoms with Crippen molar-refractivity contribution in [2.24, 2.45) is 28.6 Å². The third-order valence-corrected chi connectivity index (χ3v) is 11.8.